The van der Waals surface area contributed by atoms with E-state index in [2.05, 4.69) is 32.2 Å². The summed E-state index contributed by atoms with van der Waals surface area (Å²) in [4.78, 5) is 0. The molecule has 1 saturated heterocycles. The number of rotatable bonds is 2. The minimum absolute atomic E-state index is 0.0235. The highest BCUT2D eigenvalue weighted by molar-refractivity contribution is 4.89. The molecule has 1 heterocycles. The van der Waals surface area contributed by atoms with Gasteiger partial charge in [0.15, 0.2) is 5.79 Å². The fraction of sp³-hybridized carbons (Fsp3) is 1.00. The third-order valence-corrected chi connectivity index (χ3v) is 3.10. The largest absolute Gasteiger partial charge is 0.355 e. The van der Waals surface area contributed by atoms with Crippen molar-refractivity contribution in [2.75, 3.05) is 13.1 Å². The van der Waals surface area contributed by atoms with Crippen molar-refractivity contribution in [1.82, 2.24) is 0 Å². The Morgan fingerprint density at radius 3 is 1.64 bits per heavy atom. The Balaban J connectivity index is 2.78. The highest BCUT2D eigenvalue weighted by atomic mass is 16.8. The fourth-order valence-electron chi connectivity index (χ4n) is 1.60. The second kappa shape index (κ2) is 3.77. The van der Waals surface area contributed by atoms with E-state index in [-0.39, 0.29) is 17.6 Å². The van der Waals surface area contributed by atoms with E-state index in [0.717, 1.165) is 13.1 Å². The first kappa shape index (κ1) is 11.9. The van der Waals surface area contributed by atoms with Gasteiger partial charge in [0.05, 0.1) is 0 Å². The summed E-state index contributed by atoms with van der Waals surface area (Å²) in [5.41, 5.74) is 7.74. The predicted molar refractivity (Wildman–Crippen MR) is 53.1 cm³/mol. The molecule has 14 heavy (non-hydrogen) atoms. The van der Waals surface area contributed by atoms with E-state index in [0.29, 0.717) is 0 Å². The van der Waals surface area contributed by atoms with Crippen LogP contribution in [0.25, 0.3) is 0 Å². The quantitative estimate of drug-likeness (QED) is 0.606. The van der Waals surface area contributed by atoms with E-state index in [1.165, 1.54) is 0 Å². The first-order chi connectivity index (χ1) is 6.34. The lowest BCUT2D eigenvalue weighted by molar-refractivity contribution is -0.404. The first-order valence-corrected chi connectivity index (χ1v) is 5.28. The van der Waals surface area contributed by atoms with Crippen LogP contribution in [-0.4, -0.2) is 31.1 Å². The van der Waals surface area contributed by atoms with Crippen molar-refractivity contribution in [3.63, 3.8) is 0 Å². The third-order valence-electron chi connectivity index (χ3n) is 3.10. The molecule has 0 saturated carbocycles. The van der Waals surface area contributed by atoms with Gasteiger partial charge in [-0.3, -0.25) is 0 Å². The minimum atomic E-state index is -0.502. The third kappa shape index (κ3) is 1.93. The normalized spacial score (nSPS) is 39.0. The maximum Gasteiger partial charge on any atom is 0.171 e. The molecule has 3 atom stereocenters. The molecule has 1 rings (SSSR count). The molecule has 84 valence electrons. The van der Waals surface area contributed by atoms with Crippen LogP contribution in [0.4, 0.5) is 0 Å². The lowest BCUT2D eigenvalue weighted by Crippen LogP contribution is -2.63. The number of quaternary nitrogens is 2. The van der Waals surface area contributed by atoms with Crippen molar-refractivity contribution in [2.45, 2.75) is 45.7 Å². The Kier molecular flexibility index (Phi) is 3.21. The second-order valence-corrected chi connectivity index (χ2v) is 5.09. The van der Waals surface area contributed by atoms with Gasteiger partial charge in [0.25, 0.3) is 0 Å². The standard InChI is InChI=1S/C10H22N2O2/c1-9(2,3)10(4)13-7(5-11)8(6-12)14-10/h7-8H,5-6,11-12H2,1-4H3/p+2/t7-,8+,10?. The number of hydrogen-bond acceptors (Lipinski definition) is 2. The number of ether oxygens (including phenoxy) is 2. The Labute approximate surface area is 85.9 Å². The number of hydrogen-bond donors (Lipinski definition) is 2. The monoisotopic (exact) mass is 204 g/mol. The molecule has 0 bridgehead atoms. The maximum atomic E-state index is 5.94. The van der Waals surface area contributed by atoms with Crippen molar-refractivity contribution >= 4 is 0 Å². The van der Waals surface area contributed by atoms with Gasteiger partial charge in [0.1, 0.15) is 25.3 Å². The van der Waals surface area contributed by atoms with Gasteiger partial charge >= 0.3 is 0 Å². The van der Waals surface area contributed by atoms with E-state index in [4.69, 9.17) is 9.47 Å². The van der Waals surface area contributed by atoms with Crippen LogP contribution >= 0.6 is 0 Å². The van der Waals surface area contributed by atoms with Crippen LogP contribution in [0.2, 0.25) is 0 Å². The highest BCUT2D eigenvalue weighted by Crippen LogP contribution is 2.41. The van der Waals surface area contributed by atoms with Crippen molar-refractivity contribution in [3.8, 4) is 0 Å². The first-order valence-electron chi connectivity index (χ1n) is 5.28. The summed E-state index contributed by atoms with van der Waals surface area (Å²) in [7, 11) is 0. The van der Waals surface area contributed by atoms with Crippen molar-refractivity contribution in [2.24, 2.45) is 5.41 Å². The molecule has 0 amide bonds. The van der Waals surface area contributed by atoms with Gasteiger partial charge in [-0.05, 0) is 6.92 Å². The van der Waals surface area contributed by atoms with Crippen LogP contribution in [-0.2, 0) is 9.47 Å². The van der Waals surface area contributed by atoms with Gasteiger partial charge in [-0.1, -0.05) is 20.8 Å². The van der Waals surface area contributed by atoms with E-state index >= 15 is 0 Å². The van der Waals surface area contributed by atoms with E-state index in [1.807, 2.05) is 6.92 Å². The Bertz CT molecular complexity index is 189. The highest BCUT2D eigenvalue weighted by Gasteiger charge is 2.51. The van der Waals surface area contributed by atoms with Crippen LogP contribution in [0.5, 0.6) is 0 Å². The van der Waals surface area contributed by atoms with Gasteiger partial charge in [-0.2, -0.15) is 0 Å². The molecule has 1 fully saturated rings. The molecule has 0 aromatic carbocycles. The van der Waals surface area contributed by atoms with Crippen LogP contribution < -0.4 is 11.5 Å². The van der Waals surface area contributed by atoms with E-state index in [1.54, 1.807) is 0 Å². The zero-order valence-electron chi connectivity index (χ0n) is 9.80. The molecule has 0 spiro atoms. The molecule has 1 aliphatic rings. The molecule has 4 nitrogen and oxygen atoms in total. The molecule has 6 N–H and O–H groups in total. The van der Waals surface area contributed by atoms with E-state index in [9.17, 15) is 0 Å². The lowest BCUT2D eigenvalue weighted by Gasteiger charge is -2.36. The smallest absolute Gasteiger partial charge is 0.171 e. The van der Waals surface area contributed by atoms with Gasteiger partial charge in [0, 0.05) is 5.41 Å². The fourth-order valence-corrected chi connectivity index (χ4v) is 1.60. The Hall–Kier alpha value is -0.160. The summed E-state index contributed by atoms with van der Waals surface area (Å²) in [5.74, 6) is -0.502. The van der Waals surface area contributed by atoms with Crippen molar-refractivity contribution in [1.29, 1.82) is 0 Å². The minimum Gasteiger partial charge on any atom is -0.355 e. The van der Waals surface area contributed by atoms with Gasteiger partial charge in [0.2, 0.25) is 0 Å². The van der Waals surface area contributed by atoms with Crippen molar-refractivity contribution < 1.29 is 20.9 Å². The van der Waals surface area contributed by atoms with Crippen LogP contribution in [0, 0.1) is 5.41 Å². The SMILES string of the molecule is CC(C)(C)C1(C)O[C@@H](C[NH3+])[C@@H](C[NH3+])O1. The summed E-state index contributed by atoms with van der Waals surface area (Å²) in [6.07, 6.45) is 0.188. The molecule has 1 aliphatic heterocycles. The zero-order valence-corrected chi connectivity index (χ0v) is 9.80. The maximum absolute atomic E-state index is 5.94. The summed E-state index contributed by atoms with van der Waals surface area (Å²) in [6.45, 7) is 9.86. The van der Waals surface area contributed by atoms with Gasteiger partial charge < -0.3 is 20.9 Å². The molecular formula is C10H24N2O2+2. The predicted octanol–water partition coefficient (Wildman–Crippen LogP) is -0.983. The molecule has 0 aromatic rings. The van der Waals surface area contributed by atoms with Crippen molar-refractivity contribution in [3.05, 3.63) is 0 Å². The van der Waals surface area contributed by atoms with Gasteiger partial charge in [-0.15, -0.1) is 0 Å². The topological polar surface area (TPSA) is 73.7 Å². The molecule has 4 heteroatoms. The molecule has 0 aromatic heterocycles. The Morgan fingerprint density at radius 2 is 1.43 bits per heavy atom. The van der Waals surface area contributed by atoms with E-state index < -0.39 is 5.79 Å². The molecule has 0 radical (unpaired) electrons. The zero-order chi connectivity index (χ0) is 11.0. The second-order valence-electron chi connectivity index (χ2n) is 5.09. The summed E-state index contributed by atoms with van der Waals surface area (Å²) in [6, 6.07) is 0. The van der Waals surface area contributed by atoms with Crippen LogP contribution in [0.1, 0.15) is 27.7 Å². The average Bonchev–Trinajstić information content (AvgIpc) is 2.42. The lowest BCUT2D eigenvalue weighted by atomic mass is 9.87. The molecule has 1 unspecified atom stereocenters. The van der Waals surface area contributed by atoms with Gasteiger partial charge in [-0.25, -0.2) is 0 Å². The summed E-state index contributed by atoms with van der Waals surface area (Å²) < 4.78 is 11.9. The average molecular weight is 204 g/mol. The Morgan fingerprint density at radius 1 is 1.07 bits per heavy atom. The summed E-state index contributed by atoms with van der Waals surface area (Å²) in [5, 5.41) is 0. The van der Waals surface area contributed by atoms with Crippen LogP contribution in [0.3, 0.4) is 0 Å². The van der Waals surface area contributed by atoms with Crippen LogP contribution in [0.15, 0.2) is 0 Å². The summed E-state index contributed by atoms with van der Waals surface area (Å²) >= 11 is 0. The molecular weight excluding hydrogens is 180 g/mol. The molecule has 0 aliphatic carbocycles.